The lowest BCUT2D eigenvalue weighted by Crippen LogP contribution is -2.51. The molecule has 0 aromatic rings. The molecule has 1 saturated heterocycles. The number of piperazine rings is 1. The first kappa shape index (κ1) is 13.4. The lowest BCUT2D eigenvalue weighted by atomic mass is 10.2. The number of hydrogen-bond acceptors (Lipinski definition) is 3. The fourth-order valence-electron chi connectivity index (χ4n) is 1.75. The van der Waals surface area contributed by atoms with E-state index in [4.69, 9.17) is 0 Å². The fourth-order valence-corrected chi connectivity index (χ4v) is 1.75. The average Bonchev–Trinajstić information content (AvgIpc) is 2.27. The summed E-state index contributed by atoms with van der Waals surface area (Å²) in [6.07, 6.45) is -0.0472. The summed E-state index contributed by atoms with van der Waals surface area (Å²) < 4.78 is 0. The molecule has 0 bridgehead atoms. The maximum Gasteiger partial charge on any atom is 0.249 e. The van der Waals surface area contributed by atoms with Gasteiger partial charge in [0, 0.05) is 31.8 Å². The van der Waals surface area contributed by atoms with Crippen LogP contribution in [0.1, 0.15) is 20.3 Å². The number of nitrogens with zero attached hydrogens (tertiary/aromatic N) is 2. The van der Waals surface area contributed by atoms with Gasteiger partial charge in [0.1, 0.15) is 5.78 Å². The number of carbonyl (C=O) groups is 3. The van der Waals surface area contributed by atoms with Crippen LogP contribution < -0.4 is 0 Å². The minimum absolute atomic E-state index is 0.0472. The first-order valence-electron chi connectivity index (χ1n) is 5.64. The molecule has 1 heterocycles. The minimum atomic E-state index is -0.153. The van der Waals surface area contributed by atoms with Crippen LogP contribution in [0, 0.1) is 0 Å². The van der Waals surface area contributed by atoms with Gasteiger partial charge in [0.25, 0.3) is 0 Å². The number of rotatable bonds is 3. The molecule has 94 valence electrons. The Balaban J connectivity index is 2.45. The molecular weight excluding hydrogens is 220 g/mol. The lowest BCUT2D eigenvalue weighted by Gasteiger charge is -2.34. The van der Waals surface area contributed by atoms with Gasteiger partial charge in [0.05, 0.1) is 6.42 Å². The van der Waals surface area contributed by atoms with Gasteiger partial charge in [-0.1, -0.05) is 6.58 Å². The van der Waals surface area contributed by atoms with Crippen molar-refractivity contribution in [2.45, 2.75) is 20.3 Å². The van der Waals surface area contributed by atoms with Crippen LogP contribution in [0.25, 0.3) is 0 Å². The van der Waals surface area contributed by atoms with Gasteiger partial charge < -0.3 is 9.80 Å². The number of amides is 2. The lowest BCUT2D eigenvalue weighted by molar-refractivity contribution is -0.139. The van der Waals surface area contributed by atoms with Gasteiger partial charge in [-0.2, -0.15) is 0 Å². The maximum atomic E-state index is 11.6. The van der Waals surface area contributed by atoms with Gasteiger partial charge in [-0.15, -0.1) is 0 Å². The highest BCUT2D eigenvalue weighted by molar-refractivity contribution is 5.97. The number of carbonyl (C=O) groups excluding carboxylic acids is 3. The van der Waals surface area contributed by atoms with Gasteiger partial charge in [0.2, 0.25) is 11.8 Å². The van der Waals surface area contributed by atoms with Crippen molar-refractivity contribution in [3.8, 4) is 0 Å². The molecule has 0 unspecified atom stereocenters. The Morgan fingerprint density at radius 3 is 1.88 bits per heavy atom. The molecule has 0 aromatic heterocycles. The van der Waals surface area contributed by atoms with Gasteiger partial charge in [0.15, 0.2) is 0 Å². The molecule has 1 aliphatic rings. The van der Waals surface area contributed by atoms with E-state index < -0.39 is 0 Å². The number of Topliss-reactive ketones (excluding diaryl/α,β-unsaturated/α-hetero) is 1. The first-order chi connectivity index (χ1) is 7.91. The van der Waals surface area contributed by atoms with E-state index in [0.717, 1.165) is 0 Å². The SMILES string of the molecule is C=C(C)C(=O)N1CCN(C(=O)CC(C)=O)CC1. The summed E-state index contributed by atoms with van der Waals surface area (Å²) in [5.41, 5.74) is 0.508. The van der Waals surface area contributed by atoms with Crippen LogP contribution in [0.3, 0.4) is 0 Å². The minimum Gasteiger partial charge on any atom is -0.339 e. The highest BCUT2D eigenvalue weighted by Crippen LogP contribution is 2.07. The Labute approximate surface area is 101 Å². The van der Waals surface area contributed by atoms with Crippen molar-refractivity contribution in [1.29, 1.82) is 0 Å². The third-order valence-corrected chi connectivity index (χ3v) is 2.68. The van der Waals surface area contributed by atoms with E-state index in [-0.39, 0.29) is 24.0 Å². The van der Waals surface area contributed by atoms with E-state index >= 15 is 0 Å². The molecule has 0 saturated carbocycles. The van der Waals surface area contributed by atoms with Crippen LogP contribution >= 0.6 is 0 Å². The van der Waals surface area contributed by atoms with Gasteiger partial charge >= 0.3 is 0 Å². The Morgan fingerprint density at radius 2 is 1.47 bits per heavy atom. The van der Waals surface area contributed by atoms with Crippen LogP contribution in [-0.4, -0.2) is 53.6 Å². The molecule has 5 nitrogen and oxygen atoms in total. The van der Waals surface area contributed by atoms with E-state index in [2.05, 4.69) is 6.58 Å². The van der Waals surface area contributed by atoms with Gasteiger partial charge in [-0.05, 0) is 13.8 Å². The van der Waals surface area contributed by atoms with Crippen molar-refractivity contribution >= 4 is 17.6 Å². The summed E-state index contributed by atoms with van der Waals surface area (Å²) >= 11 is 0. The monoisotopic (exact) mass is 238 g/mol. The third kappa shape index (κ3) is 3.69. The standard InChI is InChI=1S/C12H18N2O3/c1-9(2)12(17)14-6-4-13(5-7-14)11(16)8-10(3)15/h1,4-8H2,2-3H3. The van der Waals surface area contributed by atoms with Crippen molar-refractivity contribution in [2.24, 2.45) is 0 Å². The van der Waals surface area contributed by atoms with E-state index in [9.17, 15) is 14.4 Å². The Kier molecular flexibility index (Phi) is 4.43. The third-order valence-electron chi connectivity index (χ3n) is 2.68. The molecule has 2 amide bonds. The Bertz CT molecular complexity index is 355. The zero-order valence-corrected chi connectivity index (χ0v) is 10.4. The predicted molar refractivity (Wildman–Crippen MR) is 63.3 cm³/mol. The van der Waals surface area contributed by atoms with Crippen molar-refractivity contribution in [2.75, 3.05) is 26.2 Å². The maximum absolute atomic E-state index is 11.6. The summed E-state index contributed by atoms with van der Waals surface area (Å²) in [6, 6.07) is 0. The molecular formula is C12H18N2O3. The molecule has 1 rings (SSSR count). The second kappa shape index (κ2) is 5.61. The van der Waals surface area contributed by atoms with Crippen LogP contribution in [0.15, 0.2) is 12.2 Å². The van der Waals surface area contributed by atoms with E-state index in [1.165, 1.54) is 6.92 Å². The van der Waals surface area contributed by atoms with Crippen molar-refractivity contribution < 1.29 is 14.4 Å². The zero-order valence-electron chi connectivity index (χ0n) is 10.4. The molecule has 5 heteroatoms. The smallest absolute Gasteiger partial charge is 0.249 e. The average molecular weight is 238 g/mol. The quantitative estimate of drug-likeness (QED) is 0.522. The number of hydrogen-bond donors (Lipinski definition) is 0. The molecule has 0 spiro atoms. The van der Waals surface area contributed by atoms with Crippen LogP contribution in [0.5, 0.6) is 0 Å². The highest BCUT2D eigenvalue weighted by Gasteiger charge is 2.24. The number of ketones is 1. The zero-order chi connectivity index (χ0) is 13.0. The molecule has 0 aromatic carbocycles. The molecule has 0 atom stereocenters. The Hall–Kier alpha value is -1.65. The first-order valence-corrected chi connectivity index (χ1v) is 5.64. The molecule has 0 aliphatic carbocycles. The second-order valence-electron chi connectivity index (χ2n) is 4.33. The van der Waals surface area contributed by atoms with Crippen molar-refractivity contribution in [3.05, 3.63) is 12.2 Å². The summed E-state index contributed by atoms with van der Waals surface area (Å²) in [7, 11) is 0. The topological polar surface area (TPSA) is 57.7 Å². The van der Waals surface area contributed by atoms with E-state index in [1.54, 1.807) is 16.7 Å². The largest absolute Gasteiger partial charge is 0.339 e. The molecule has 17 heavy (non-hydrogen) atoms. The molecule has 0 radical (unpaired) electrons. The van der Waals surface area contributed by atoms with E-state index in [0.29, 0.717) is 31.8 Å². The van der Waals surface area contributed by atoms with Crippen LogP contribution in [-0.2, 0) is 14.4 Å². The Morgan fingerprint density at radius 1 is 1.00 bits per heavy atom. The summed E-state index contributed by atoms with van der Waals surface area (Å²) in [6.45, 7) is 8.69. The molecule has 0 N–H and O–H groups in total. The fraction of sp³-hybridized carbons (Fsp3) is 0.583. The highest BCUT2D eigenvalue weighted by atomic mass is 16.2. The van der Waals surface area contributed by atoms with E-state index in [1.807, 2.05) is 0 Å². The van der Waals surface area contributed by atoms with Gasteiger partial charge in [-0.25, -0.2) is 0 Å². The summed E-state index contributed by atoms with van der Waals surface area (Å²) in [5.74, 6) is -0.348. The molecule has 1 fully saturated rings. The predicted octanol–water partition coefficient (Wildman–Crippen LogP) is 0.212. The second-order valence-corrected chi connectivity index (χ2v) is 4.33. The molecule has 1 aliphatic heterocycles. The summed E-state index contributed by atoms with van der Waals surface area (Å²) in [4.78, 5) is 37.4. The van der Waals surface area contributed by atoms with Crippen LogP contribution in [0.2, 0.25) is 0 Å². The normalized spacial score (nSPS) is 15.6. The van der Waals surface area contributed by atoms with Crippen LogP contribution in [0.4, 0.5) is 0 Å². The van der Waals surface area contributed by atoms with Gasteiger partial charge in [-0.3, -0.25) is 14.4 Å². The van der Waals surface area contributed by atoms with Crippen molar-refractivity contribution in [3.63, 3.8) is 0 Å². The van der Waals surface area contributed by atoms with Crippen molar-refractivity contribution in [1.82, 2.24) is 9.80 Å². The summed E-state index contributed by atoms with van der Waals surface area (Å²) in [5, 5.41) is 0.